The van der Waals surface area contributed by atoms with Crippen molar-refractivity contribution < 1.29 is 9.53 Å². The SMILES string of the molecule is Nc1cc(Br)cc(C(=O)OCc2cccc(Cl)c2Cl)c1. The molecule has 0 heterocycles. The van der Waals surface area contributed by atoms with Gasteiger partial charge in [0.2, 0.25) is 0 Å². The molecule has 0 aliphatic carbocycles. The summed E-state index contributed by atoms with van der Waals surface area (Å²) in [5.74, 6) is -0.478. The van der Waals surface area contributed by atoms with E-state index in [0.29, 0.717) is 31.3 Å². The van der Waals surface area contributed by atoms with Gasteiger partial charge in [0.1, 0.15) is 6.61 Å². The first-order chi connectivity index (χ1) is 9.47. The summed E-state index contributed by atoms with van der Waals surface area (Å²) in [4.78, 5) is 11.9. The van der Waals surface area contributed by atoms with E-state index >= 15 is 0 Å². The monoisotopic (exact) mass is 373 g/mol. The number of nitrogens with two attached hydrogens (primary N) is 1. The highest BCUT2D eigenvalue weighted by Crippen LogP contribution is 2.26. The number of rotatable bonds is 3. The van der Waals surface area contributed by atoms with E-state index in [2.05, 4.69) is 15.9 Å². The van der Waals surface area contributed by atoms with Crippen LogP contribution in [0.15, 0.2) is 40.9 Å². The molecule has 6 heteroatoms. The Bertz CT molecular complexity index is 641. The van der Waals surface area contributed by atoms with Gasteiger partial charge in [0, 0.05) is 15.7 Å². The highest BCUT2D eigenvalue weighted by Gasteiger charge is 2.11. The molecular formula is C14H10BrCl2NO2. The van der Waals surface area contributed by atoms with E-state index in [1.165, 1.54) is 0 Å². The fourth-order valence-corrected chi connectivity index (χ4v) is 2.50. The Morgan fingerprint density at radius 3 is 2.70 bits per heavy atom. The van der Waals surface area contributed by atoms with Gasteiger partial charge in [0.25, 0.3) is 0 Å². The van der Waals surface area contributed by atoms with Gasteiger partial charge in [-0.25, -0.2) is 4.79 Å². The van der Waals surface area contributed by atoms with Crippen molar-refractivity contribution in [2.45, 2.75) is 6.61 Å². The average molecular weight is 375 g/mol. The van der Waals surface area contributed by atoms with Crippen LogP contribution in [0, 0.1) is 0 Å². The van der Waals surface area contributed by atoms with Crippen molar-refractivity contribution in [3.05, 3.63) is 62.0 Å². The minimum absolute atomic E-state index is 0.0463. The third-order valence-corrected chi connectivity index (χ3v) is 3.86. The molecule has 2 aromatic rings. The van der Waals surface area contributed by atoms with Crippen molar-refractivity contribution >= 4 is 50.8 Å². The van der Waals surface area contributed by atoms with Crippen molar-refractivity contribution in [3.63, 3.8) is 0 Å². The molecule has 0 unspecified atom stereocenters. The van der Waals surface area contributed by atoms with Gasteiger partial charge >= 0.3 is 5.97 Å². The number of benzene rings is 2. The summed E-state index contributed by atoms with van der Waals surface area (Å²) in [5.41, 5.74) is 7.17. The van der Waals surface area contributed by atoms with Crippen molar-refractivity contribution in [1.29, 1.82) is 0 Å². The van der Waals surface area contributed by atoms with Crippen LogP contribution in [0.1, 0.15) is 15.9 Å². The van der Waals surface area contributed by atoms with Crippen LogP contribution in [0.3, 0.4) is 0 Å². The lowest BCUT2D eigenvalue weighted by Gasteiger charge is -2.08. The van der Waals surface area contributed by atoms with Crippen LogP contribution in [0.4, 0.5) is 5.69 Å². The molecule has 2 aromatic carbocycles. The number of nitrogen functional groups attached to an aromatic ring is 1. The summed E-state index contributed by atoms with van der Waals surface area (Å²) in [6.45, 7) is 0.0463. The molecular weight excluding hydrogens is 365 g/mol. The summed E-state index contributed by atoms with van der Waals surface area (Å²) in [6, 6.07) is 10.0. The lowest BCUT2D eigenvalue weighted by molar-refractivity contribution is 0.0473. The van der Waals surface area contributed by atoms with Crippen LogP contribution in [0.25, 0.3) is 0 Å². The Balaban J connectivity index is 2.10. The fraction of sp³-hybridized carbons (Fsp3) is 0.0714. The zero-order chi connectivity index (χ0) is 14.7. The minimum atomic E-state index is -0.478. The zero-order valence-electron chi connectivity index (χ0n) is 10.2. The maximum Gasteiger partial charge on any atom is 0.338 e. The molecule has 2 rings (SSSR count). The van der Waals surface area contributed by atoms with Gasteiger partial charge in [-0.2, -0.15) is 0 Å². The van der Waals surface area contributed by atoms with Crippen LogP contribution in [-0.4, -0.2) is 5.97 Å². The van der Waals surface area contributed by atoms with E-state index in [1.54, 1.807) is 36.4 Å². The lowest BCUT2D eigenvalue weighted by atomic mass is 10.2. The molecule has 0 aliphatic heterocycles. The quantitative estimate of drug-likeness (QED) is 0.626. The van der Waals surface area contributed by atoms with E-state index in [4.69, 9.17) is 33.7 Å². The molecule has 0 spiro atoms. The second kappa shape index (κ2) is 6.48. The number of hydrogen-bond donors (Lipinski definition) is 1. The van der Waals surface area contributed by atoms with Crippen molar-refractivity contribution in [2.75, 3.05) is 5.73 Å². The molecule has 2 N–H and O–H groups in total. The van der Waals surface area contributed by atoms with Gasteiger partial charge in [0.15, 0.2) is 0 Å². The molecule has 0 atom stereocenters. The summed E-state index contributed by atoms with van der Waals surface area (Å²) < 4.78 is 5.91. The molecule has 0 fully saturated rings. The Labute approximate surface area is 134 Å². The topological polar surface area (TPSA) is 52.3 Å². The van der Waals surface area contributed by atoms with Crippen LogP contribution in [-0.2, 0) is 11.3 Å². The van der Waals surface area contributed by atoms with Crippen LogP contribution in [0.2, 0.25) is 10.0 Å². The molecule has 104 valence electrons. The van der Waals surface area contributed by atoms with Gasteiger partial charge in [-0.05, 0) is 24.3 Å². The highest BCUT2D eigenvalue weighted by atomic mass is 79.9. The number of esters is 1. The molecule has 0 aromatic heterocycles. The third-order valence-electron chi connectivity index (χ3n) is 2.55. The van der Waals surface area contributed by atoms with Gasteiger partial charge in [0.05, 0.1) is 15.6 Å². The summed E-state index contributed by atoms with van der Waals surface area (Å²) in [6.07, 6.45) is 0. The van der Waals surface area contributed by atoms with Crippen molar-refractivity contribution in [2.24, 2.45) is 0 Å². The maximum absolute atomic E-state index is 11.9. The highest BCUT2D eigenvalue weighted by molar-refractivity contribution is 9.10. The number of halogens is 3. The Hall–Kier alpha value is -1.23. The first kappa shape index (κ1) is 15.2. The number of carbonyl (C=O) groups excluding carboxylic acids is 1. The number of ether oxygens (including phenoxy) is 1. The smallest absolute Gasteiger partial charge is 0.338 e. The second-order valence-corrected chi connectivity index (χ2v) is 5.76. The van der Waals surface area contributed by atoms with Crippen molar-refractivity contribution in [1.82, 2.24) is 0 Å². The lowest BCUT2D eigenvalue weighted by Crippen LogP contribution is -2.06. The van der Waals surface area contributed by atoms with E-state index in [-0.39, 0.29) is 6.61 Å². The molecule has 20 heavy (non-hydrogen) atoms. The van der Waals surface area contributed by atoms with Gasteiger partial charge in [-0.15, -0.1) is 0 Å². The largest absolute Gasteiger partial charge is 0.457 e. The molecule has 0 amide bonds. The number of hydrogen-bond acceptors (Lipinski definition) is 3. The summed E-state index contributed by atoms with van der Waals surface area (Å²) in [7, 11) is 0. The summed E-state index contributed by atoms with van der Waals surface area (Å²) in [5, 5.41) is 0.808. The van der Waals surface area contributed by atoms with Crippen LogP contribution >= 0.6 is 39.1 Å². The van der Waals surface area contributed by atoms with Crippen molar-refractivity contribution in [3.8, 4) is 0 Å². The Morgan fingerprint density at radius 1 is 1.25 bits per heavy atom. The number of anilines is 1. The molecule has 0 saturated carbocycles. The molecule has 0 radical (unpaired) electrons. The fourth-order valence-electron chi connectivity index (χ4n) is 1.62. The van der Waals surface area contributed by atoms with E-state index in [1.807, 2.05) is 0 Å². The zero-order valence-corrected chi connectivity index (χ0v) is 13.3. The number of carbonyl (C=O) groups is 1. The molecule has 3 nitrogen and oxygen atoms in total. The summed E-state index contributed by atoms with van der Waals surface area (Å²) >= 11 is 15.2. The average Bonchev–Trinajstić information content (AvgIpc) is 2.39. The normalized spacial score (nSPS) is 10.3. The first-order valence-electron chi connectivity index (χ1n) is 5.63. The van der Waals surface area contributed by atoms with Crippen LogP contribution < -0.4 is 5.73 Å². The van der Waals surface area contributed by atoms with Gasteiger partial charge in [-0.3, -0.25) is 0 Å². The van der Waals surface area contributed by atoms with Gasteiger partial charge < -0.3 is 10.5 Å². The second-order valence-electron chi connectivity index (χ2n) is 4.06. The van der Waals surface area contributed by atoms with E-state index in [0.717, 1.165) is 0 Å². The van der Waals surface area contributed by atoms with Gasteiger partial charge in [-0.1, -0.05) is 51.3 Å². The molecule has 0 saturated heterocycles. The Kier molecular flexibility index (Phi) is 4.91. The predicted octanol–water partition coefficient (Wildman–Crippen LogP) is 4.70. The molecule has 0 aliphatic rings. The molecule has 0 bridgehead atoms. The van der Waals surface area contributed by atoms with Crippen LogP contribution in [0.5, 0.6) is 0 Å². The third kappa shape index (κ3) is 3.66. The standard InChI is InChI=1S/C14H10BrCl2NO2/c15-10-4-9(5-11(18)6-10)14(19)20-7-8-2-1-3-12(16)13(8)17/h1-6H,7,18H2. The minimum Gasteiger partial charge on any atom is -0.457 e. The predicted molar refractivity (Wildman–Crippen MR) is 84.1 cm³/mol. The Morgan fingerprint density at radius 2 is 2.00 bits per heavy atom. The first-order valence-corrected chi connectivity index (χ1v) is 7.18. The van der Waals surface area contributed by atoms with E-state index in [9.17, 15) is 4.79 Å². The van der Waals surface area contributed by atoms with E-state index < -0.39 is 5.97 Å². The maximum atomic E-state index is 11.9.